The van der Waals surface area contributed by atoms with Crippen molar-refractivity contribution in [2.24, 2.45) is 5.92 Å². The third-order valence-corrected chi connectivity index (χ3v) is 4.05. The van der Waals surface area contributed by atoms with Gasteiger partial charge in [0.15, 0.2) is 0 Å². The van der Waals surface area contributed by atoms with Gasteiger partial charge in [-0.1, -0.05) is 0 Å². The summed E-state index contributed by atoms with van der Waals surface area (Å²) in [6.45, 7) is 1.30. The highest BCUT2D eigenvalue weighted by atomic mass is 16.3. The van der Waals surface area contributed by atoms with Crippen LogP contribution in [0.5, 0.6) is 0 Å². The number of imidazole rings is 1. The first-order valence-electron chi connectivity index (χ1n) is 6.72. The molecule has 1 aromatic heterocycles. The molecule has 0 spiro atoms. The average Bonchev–Trinajstić information content (AvgIpc) is 2.85. The van der Waals surface area contributed by atoms with E-state index >= 15 is 0 Å². The van der Waals surface area contributed by atoms with Crippen molar-refractivity contribution in [3.63, 3.8) is 0 Å². The number of fused-ring (bicyclic) bond motifs is 1. The zero-order chi connectivity index (χ0) is 12.5. The van der Waals surface area contributed by atoms with Gasteiger partial charge >= 0.3 is 0 Å². The molecule has 2 N–H and O–H groups in total. The van der Waals surface area contributed by atoms with Crippen LogP contribution < -0.4 is 0 Å². The van der Waals surface area contributed by atoms with Crippen molar-refractivity contribution in [3.05, 3.63) is 17.7 Å². The maximum absolute atomic E-state index is 12.4. The van der Waals surface area contributed by atoms with Crippen LogP contribution in [0.1, 0.15) is 30.7 Å². The molecule has 1 fully saturated rings. The lowest BCUT2D eigenvalue weighted by atomic mass is 9.88. The van der Waals surface area contributed by atoms with E-state index in [0.29, 0.717) is 6.54 Å². The van der Waals surface area contributed by atoms with Gasteiger partial charge in [0.05, 0.1) is 18.1 Å². The summed E-state index contributed by atoms with van der Waals surface area (Å²) in [7, 11) is 0. The lowest BCUT2D eigenvalue weighted by Gasteiger charge is -2.33. The number of carbonyl (C=O) groups excluding carboxylic acids is 1. The smallest absolute Gasteiger partial charge is 0.226 e. The first-order chi connectivity index (χ1) is 8.74. The number of H-pyrrole nitrogens is 1. The lowest BCUT2D eigenvalue weighted by Crippen LogP contribution is -2.45. The normalized spacial score (nSPS) is 27.9. The van der Waals surface area contributed by atoms with Gasteiger partial charge in [0.25, 0.3) is 0 Å². The van der Waals surface area contributed by atoms with Crippen molar-refractivity contribution >= 4 is 5.91 Å². The molecule has 0 unspecified atom stereocenters. The number of aliphatic hydroxyl groups excluding tert-OH is 1. The van der Waals surface area contributed by atoms with Crippen LogP contribution in [-0.4, -0.2) is 45.1 Å². The van der Waals surface area contributed by atoms with Crippen LogP contribution in [0, 0.1) is 5.92 Å². The maximum atomic E-state index is 12.4. The molecule has 1 aromatic rings. The Balaban J connectivity index is 1.67. The number of aryl methyl sites for hydroxylation is 1. The average molecular weight is 249 g/mol. The largest absolute Gasteiger partial charge is 0.391 e. The van der Waals surface area contributed by atoms with Crippen molar-refractivity contribution in [2.45, 2.75) is 38.2 Å². The standard InChI is InChI=1S/C13H19N3O2/c17-10-2-1-5-16(7-10)13(18)9-3-4-11-12(6-9)15-8-14-11/h8-10,17H,1-7H2,(H,14,15)/t9-,10-/m1/s1. The Kier molecular flexibility index (Phi) is 3.07. The Bertz CT molecular complexity index is 443. The number of β-amino-alcohol motifs (C(OH)–C–C–N with tert-alkyl or cyclic N) is 1. The van der Waals surface area contributed by atoms with E-state index in [4.69, 9.17) is 0 Å². The second-order valence-corrected chi connectivity index (χ2v) is 5.35. The summed E-state index contributed by atoms with van der Waals surface area (Å²) in [6, 6.07) is 0. The molecular formula is C13H19N3O2. The van der Waals surface area contributed by atoms with Crippen LogP contribution in [0.2, 0.25) is 0 Å². The summed E-state index contributed by atoms with van der Waals surface area (Å²) in [5, 5.41) is 9.64. The molecule has 0 bridgehead atoms. The number of nitrogens with zero attached hydrogens (tertiary/aromatic N) is 2. The number of rotatable bonds is 1. The summed E-state index contributed by atoms with van der Waals surface area (Å²) in [6.07, 6.45) is 5.63. The number of amides is 1. The molecule has 0 aromatic carbocycles. The fourth-order valence-corrected chi connectivity index (χ4v) is 3.02. The minimum absolute atomic E-state index is 0.0586. The van der Waals surface area contributed by atoms with E-state index in [1.807, 2.05) is 4.90 Å². The van der Waals surface area contributed by atoms with E-state index in [1.165, 1.54) is 0 Å². The van der Waals surface area contributed by atoms with E-state index in [0.717, 1.165) is 50.0 Å². The molecule has 1 amide bonds. The molecule has 0 saturated carbocycles. The molecule has 2 heterocycles. The topological polar surface area (TPSA) is 69.2 Å². The predicted octanol–water partition coefficient (Wildman–Crippen LogP) is 0.498. The van der Waals surface area contributed by atoms with E-state index in [9.17, 15) is 9.90 Å². The van der Waals surface area contributed by atoms with Crippen LogP contribution in [0.15, 0.2) is 6.33 Å². The van der Waals surface area contributed by atoms with Crippen LogP contribution in [0.25, 0.3) is 0 Å². The van der Waals surface area contributed by atoms with Gasteiger partial charge in [-0.2, -0.15) is 0 Å². The monoisotopic (exact) mass is 249 g/mol. The number of aliphatic hydroxyl groups is 1. The quantitative estimate of drug-likeness (QED) is 0.761. The molecule has 5 nitrogen and oxygen atoms in total. The number of aromatic amines is 1. The van der Waals surface area contributed by atoms with E-state index in [1.54, 1.807) is 6.33 Å². The molecule has 18 heavy (non-hydrogen) atoms. The second-order valence-electron chi connectivity index (χ2n) is 5.35. The third kappa shape index (κ3) is 2.14. The second kappa shape index (κ2) is 4.72. The van der Waals surface area contributed by atoms with Crippen molar-refractivity contribution < 1.29 is 9.90 Å². The van der Waals surface area contributed by atoms with Crippen molar-refractivity contribution in [3.8, 4) is 0 Å². The van der Waals surface area contributed by atoms with Crippen molar-refractivity contribution in [1.82, 2.24) is 14.9 Å². The van der Waals surface area contributed by atoms with Crippen molar-refractivity contribution in [2.75, 3.05) is 13.1 Å². The van der Waals surface area contributed by atoms with E-state index in [-0.39, 0.29) is 17.9 Å². The highest BCUT2D eigenvalue weighted by Gasteiger charge is 2.31. The predicted molar refractivity (Wildman–Crippen MR) is 65.9 cm³/mol. The molecule has 98 valence electrons. The highest BCUT2D eigenvalue weighted by molar-refractivity contribution is 5.79. The number of likely N-dealkylation sites (tertiary alicyclic amines) is 1. The van der Waals surface area contributed by atoms with E-state index < -0.39 is 0 Å². The van der Waals surface area contributed by atoms with Gasteiger partial charge in [-0.05, 0) is 25.7 Å². The van der Waals surface area contributed by atoms with Gasteiger partial charge in [-0.25, -0.2) is 4.98 Å². The van der Waals surface area contributed by atoms with Crippen LogP contribution in [-0.2, 0) is 17.6 Å². The van der Waals surface area contributed by atoms with Crippen LogP contribution >= 0.6 is 0 Å². The van der Waals surface area contributed by atoms with E-state index in [2.05, 4.69) is 9.97 Å². The first kappa shape index (κ1) is 11.7. The SMILES string of the molecule is O=C([C@@H]1CCc2nc[nH]c2C1)N1CCC[C@@H](O)C1. The molecule has 5 heteroatoms. The summed E-state index contributed by atoms with van der Waals surface area (Å²) < 4.78 is 0. The Morgan fingerprint density at radius 1 is 1.50 bits per heavy atom. The lowest BCUT2D eigenvalue weighted by molar-refractivity contribution is -0.139. The summed E-state index contributed by atoms with van der Waals surface area (Å²) in [5.41, 5.74) is 2.22. The molecule has 3 rings (SSSR count). The summed E-state index contributed by atoms with van der Waals surface area (Å²) >= 11 is 0. The molecule has 2 aliphatic rings. The third-order valence-electron chi connectivity index (χ3n) is 4.05. The molecule has 1 aliphatic carbocycles. The molecular weight excluding hydrogens is 230 g/mol. The summed E-state index contributed by atoms with van der Waals surface area (Å²) in [5.74, 6) is 0.261. The van der Waals surface area contributed by atoms with Gasteiger partial charge in [0.2, 0.25) is 5.91 Å². The zero-order valence-electron chi connectivity index (χ0n) is 10.4. The maximum Gasteiger partial charge on any atom is 0.226 e. The number of piperidine rings is 1. The first-order valence-corrected chi connectivity index (χ1v) is 6.72. The number of carbonyl (C=O) groups is 1. The van der Waals surface area contributed by atoms with Crippen LogP contribution in [0.4, 0.5) is 0 Å². The molecule has 0 radical (unpaired) electrons. The van der Waals surface area contributed by atoms with Gasteiger partial charge in [-0.3, -0.25) is 4.79 Å². The Hall–Kier alpha value is -1.36. The number of aromatic nitrogens is 2. The Morgan fingerprint density at radius 2 is 2.39 bits per heavy atom. The number of hydrogen-bond acceptors (Lipinski definition) is 3. The fraction of sp³-hybridized carbons (Fsp3) is 0.692. The Morgan fingerprint density at radius 3 is 3.22 bits per heavy atom. The molecule has 2 atom stereocenters. The minimum Gasteiger partial charge on any atom is -0.391 e. The number of hydrogen-bond donors (Lipinski definition) is 2. The highest BCUT2D eigenvalue weighted by Crippen LogP contribution is 2.25. The number of nitrogens with one attached hydrogen (secondary N) is 1. The van der Waals surface area contributed by atoms with Crippen molar-refractivity contribution in [1.29, 1.82) is 0 Å². The van der Waals surface area contributed by atoms with Gasteiger partial charge in [0, 0.05) is 31.1 Å². The fourth-order valence-electron chi connectivity index (χ4n) is 3.02. The van der Waals surface area contributed by atoms with Crippen LogP contribution in [0.3, 0.4) is 0 Å². The van der Waals surface area contributed by atoms with Gasteiger partial charge in [0.1, 0.15) is 0 Å². The molecule has 1 aliphatic heterocycles. The zero-order valence-corrected chi connectivity index (χ0v) is 10.4. The Labute approximate surface area is 106 Å². The molecule has 1 saturated heterocycles. The minimum atomic E-state index is -0.339. The summed E-state index contributed by atoms with van der Waals surface area (Å²) in [4.78, 5) is 21.6. The van der Waals surface area contributed by atoms with Gasteiger partial charge < -0.3 is 15.0 Å². The van der Waals surface area contributed by atoms with Gasteiger partial charge in [-0.15, -0.1) is 0 Å².